The van der Waals surface area contributed by atoms with Crippen LogP contribution in [0, 0.1) is 5.82 Å². The van der Waals surface area contributed by atoms with E-state index in [-0.39, 0.29) is 28.7 Å². The summed E-state index contributed by atoms with van der Waals surface area (Å²) < 4.78 is 39.4. The molecule has 5 nitrogen and oxygen atoms in total. The molecular formula is C17H19FN2O3S. The first kappa shape index (κ1) is 18.1. The van der Waals surface area contributed by atoms with Gasteiger partial charge in [0, 0.05) is 25.7 Å². The molecule has 24 heavy (non-hydrogen) atoms. The van der Waals surface area contributed by atoms with Crippen molar-refractivity contribution in [1.82, 2.24) is 9.62 Å². The van der Waals surface area contributed by atoms with Gasteiger partial charge in [-0.05, 0) is 35.9 Å². The molecule has 7 heteroatoms. The summed E-state index contributed by atoms with van der Waals surface area (Å²) in [6.45, 7) is 2.25. The number of nitrogens with one attached hydrogen (secondary N) is 1. The molecule has 2 aromatic carbocycles. The highest BCUT2D eigenvalue weighted by Gasteiger charge is 2.17. The lowest BCUT2D eigenvalue weighted by Crippen LogP contribution is -2.27. The normalized spacial score (nSPS) is 11.3. The van der Waals surface area contributed by atoms with Gasteiger partial charge in [-0.15, -0.1) is 0 Å². The Balaban J connectivity index is 2.18. The van der Waals surface area contributed by atoms with Crippen LogP contribution in [0.2, 0.25) is 0 Å². The third-order valence-electron chi connectivity index (χ3n) is 3.41. The van der Waals surface area contributed by atoms with Gasteiger partial charge >= 0.3 is 0 Å². The van der Waals surface area contributed by atoms with Crippen molar-refractivity contribution in [2.24, 2.45) is 0 Å². The average molecular weight is 350 g/mol. The Kier molecular flexibility index (Phi) is 5.69. The van der Waals surface area contributed by atoms with Gasteiger partial charge in [-0.1, -0.05) is 25.1 Å². The number of amides is 1. The minimum atomic E-state index is -3.62. The summed E-state index contributed by atoms with van der Waals surface area (Å²) in [4.78, 5) is 14.0. The second-order valence-corrected chi connectivity index (χ2v) is 7.08. The summed E-state index contributed by atoms with van der Waals surface area (Å²) in [6, 6.07) is 11.7. The van der Waals surface area contributed by atoms with Crippen LogP contribution in [-0.2, 0) is 16.6 Å². The molecule has 0 aromatic heterocycles. The van der Waals surface area contributed by atoms with Crippen LogP contribution in [0.5, 0.6) is 0 Å². The Morgan fingerprint density at radius 1 is 1.17 bits per heavy atom. The molecule has 0 aliphatic carbocycles. The molecule has 0 atom stereocenters. The molecule has 1 amide bonds. The quantitative estimate of drug-likeness (QED) is 0.870. The van der Waals surface area contributed by atoms with Crippen molar-refractivity contribution in [3.63, 3.8) is 0 Å². The molecule has 0 unspecified atom stereocenters. The second-order valence-electron chi connectivity index (χ2n) is 5.32. The molecule has 1 N–H and O–H groups in total. The van der Waals surface area contributed by atoms with E-state index in [0.717, 1.165) is 5.56 Å². The van der Waals surface area contributed by atoms with Crippen molar-refractivity contribution in [3.05, 3.63) is 65.5 Å². The van der Waals surface area contributed by atoms with Gasteiger partial charge in [0.1, 0.15) is 5.82 Å². The van der Waals surface area contributed by atoms with Crippen molar-refractivity contribution < 1.29 is 17.6 Å². The number of nitrogens with zero attached hydrogens (tertiary/aromatic N) is 1. The first-order chi connectivity index (χ1) is 11.3. The number of sulfonamides is 1. The van der Waals surface area contributed by atoms with E-state index >= 15 is 0 Å². The number of halogens is 1. The maximum absolute atomic E-state index is 12.9. The van der Waals surface area contributed by atoms with Gasteiger partial charge in [-0.25, -0.2) is 17.5 Å². The highest BCUT2D eigenvalue weighted by atomic mass is 32.2. The van der Waals surface area contributed by atoms with E-state index in [1.54, 1.807) is 32.2 Å². The summed E-state index contributed by atoms with van der Waals surface area (Å²) in [6.07, 6.45) is 0. The fourth-order valence-corrected chi connectivity index (χ4v) is 3.31. The third kappa shape index (κ3) is 4.39. The van der Waals surface area contributed by atoms with E-state index in [2.05, 4.69) is 4.72 Å². The molecule has 2 rings (SSSR count). The van der Waals surface area contributed by atoms with Gasteiger partial charge in [0.15, 0.2) is 0 Å². The Morgan fingerprint density at radius 3 is 2.46 bits per heavy atom. The van der Waals surface area contributed by atoms with Crippen molar-refractivity contribution in [3.8, 4) is 0 Å². The van der Waals surface area contributed by atoms with Gasteiger partial charge in [-0.3, -0.25) is 4.79 Å². The van der Waals surface area contributed by atoms with Gasteiger partial charge < -0.3 is 4.90 Å². The fourth-order valence-electron chi connectivity index (χ4n) is 2.23. The molecule has 128 valence electrons. The average Bonchev–Trinajstić information content (AvgIpc) is 2.56. The van der Waals surface area contributed by atoms with Crippen LogP contribution in [0.4, 0.5) is 4.39 Å². The number of hydrogen-bond donors (Lipinski definition) is 1. The van der Waals surface area contributed by atoms with Gasteiger partial charge in [0.05, 0.1) is 4.90 Å². The zero-order chi connectivity index (χ0) is 17.7. The highest BCUT2D eigenvalue weighted by molar-refractivity contribution is 7.89. The molecule has 2 aromatic rings. The predicted octanol–water partition coefficient (Wildman–Crippen LogP) is 2.40. The van der Waals surface area contributed by atoms with E-state index in [1.807, 2.05) is 0 Å². The van der Waals surface area contributed by atoms with Gasteiger partial charge in [0.25, 0.3) is 5.91 Å². The van der Waals surface area contributed by atoms with Crippen LogP contribution >= 0.6 is 0 Å². The van der Waals surface area contributed by atoms with Crippen molar-refractivity contribution in [2.75, 3.05) is 13.6 Å². The van der Waals surface area contributed by atoms with E-state index in [9.17, 15) is 17.6 Å². The standard InChI is InChI=1S/C17H19FN2O3S/c1-3-19-24(22,23)16-6-4-5-14(11-16)17(21)20(2)12-13-7-9-15(18)10-8-13/h4-11,19H,3,12H2,1-2H3. The zero-order valence-corrected chi connectivity index (χ0v) is 14.3. The molecule has 0 radical (unpaired) electrons. The van der Waals surface area contributed by atoms with Crippen molar-refractivity contribution in [2.45, 2.75) is 18.4 Å². The fraction of sp³-hybridized carbons (Fsp3) is 0.235. The molecular weight excluding hydrogens is 331 g/mol. The van der Waals surface area contributed by atoms with Crippen LogP contribution in [0.1, 0.15) is 22.8 Å². The topological polar surface area (TPSA) is 66.5 Å². The Hall–Kier alpha value is -2.25. The maximum Gasteiger partial charge on any atom is 0.253 e. The lowest BCUT2D eigenvalue weighted by Gasteiger charge is -2.18. The van der Waals surface area contributed by atoms with Crippen LogP contribution < -0.4 is 4.72 Å². The molecule has 0 aliphatic heterocycles. The van der Waals surface area contributed by atoms with Crippen LogP contribution in [0.15, 0.2) is 53.4 Å². The number of carbonyl (C=O) groups is 1. The molecule has 0 heterocycles. The molecule has 0 saturated heterocycles. The third-order valence-corrected chi connectivity index (χ3v) is 4.95. The predicted molar refractivity (Wildman–Crippen MR) is 89.5 cm³/mol. The molecule has 0 aliphatic rings. The van der Waals surface area contributed by atoms with E-state index in [1.165, 1.54) is 35.2 Å². The molecule has 0 spiro atoms. The molecule has 0 fully saturated rings. The van der Waals surface area contributed by atoms with E-state index < -0.39 is 10.0 Å². The summed E-state index contributed by atoms with van der Waals surface area (Å²) in [5.74, 6) is -0.651. The first-order valence-corrected chi connectivity index (χ1v) is 8.91. The molecule has 0 saturated carbocycles. The van der Waals surface area contributed by atoms with Crippen LogP contribution in [-0.4, -0.2) is 32.8 Å². The van der Waals surface area contributed by atoms with Crippen molar-refractivity contribution >= 4 is 15.9 Å². The van der Waals surface area contributed by atoms with E-state index in [4.69, 9.17) is 0 Å². The largest absolute Gasteiger partial charge is 0.337 e. The molecule has 0 bridgehead atoms. The number of hydrogen-bond acceptors (Lipinski definition) is 3. The van der Waals surface area contributed by atoms with Crippen LogP contribution in [0.25, 0.3) is 0 Å². The van der Waals surface area contributed by atoms with Crippen molar-refractivity contribution in [1.29, 1.82) is 0 Å². The SMILES string of the molecule is CCNS(=O)(=O)c1cccc(C(=O)N(C)Cc2ccc(F)cc2)c1. The second kappa shape index (κ2) is 7.55. The summed E-state index contributed by atoms with van der Waals surface area (Å²) in [5, 5.41) is 0. The number of benzene rings is 2. The maximum atomic E-state index is 12.9. The monoisotopic (exact) mass is 350 g/mol. The minimum Gasteiger partial charge on any atom is -0.337 e. The summed E-state index contributed by atoms with van der Waals surface area (Å²) >= 11 is 0. The summed E-state index contributed by atoms with van der Waals surface area (Å²) in [5.41, 5.74) is 1.06. The summed E-state index contributed by atoms with van der Waals surface area (Å²) in [7, 11) is -2.01. The number of rotatable bonds is 6. The van der Waals surface area contributed by atoms with Gasteiger partial charge in [-0.2, -0.15) is 0 Å². The minimum absolute atomic E-state index is 0.0467. The number of carbonyl (C=O) groups excluding carboxylic acids is 1. The Morgan fingerprint density at radius 2 is 1.83 bits per heavy atom. The Labute approximate surface area is 141 Å². The lowest BCUT2D eigenvalue weighted by molar-refractivity contribution is 0.0785. The first-order valence-electron chi connectivity index (χ1n) is 7.43. The van der Waals surface area contributed by atoms with E-state index in [0.29, 0.717) is 6.54 Å². The van der Waals surface area contributed by atoms with Gasteiger partial charge in [0.2, 0.25) is 10.0 Å². The van der Waals surface area contributed by atoms with Crippen LogP contribution in [0.3, 0.4) is 0 Å². The zero-order valence-electron chi connectivity index (χ0n) is 13.5. The highest BCUT2D eigenvalue weighted by Crippen LogP contribution is 2.14. The Bertz CT molecular complexity index is 820. The smallest absolute Gasteiger partial charge is 0.253 e. The lowest BCUT2D eigenvalue weighted by atomic mass is 10.1.